The summed E-state index contributed by atoms with van der Waals surface area (Å²) in [7, 11) is 1.60. The number of non-ortho nitro benzene ring substituents is 1. The smallest absolute Gasteiger partial charge is 0.271 e. The van der Waals surface area contributed by atoms with Crippen molar-refractivity contribution in [2.24, 2.45) is 0 Å². The first-order chi connectivity index (χ1) is 13.0. The van der Waals surface area contributed by atoms with Crippen LogP contribution in [0, 0.1) is 17.0 Å². The topological polar surface area (TPSA) is 90.7 Å². The molecule has 0 atom stereocenters. The lowest BCUT2D eigenvalue weighted by molar-refractivity contribution is -0.384. The fraction of sp³-hybridized carbons (Fsp3) is 0.150. The van der Waals surface area contributed by atoms with E-state index in [1.165, 1.54) is 12.1 Å². The number of amides is 1. The molecule has 0 saturated heterocycles. The Labute approximate surface area is 155 Å². The van der Waals surface area contributed by atoms with E-state index in [9.17, 15) is 14.9 Å². The first-order valence-corrected chi connectivity index (χ1v) is 8.22. The molecule has 0 fully saturated rings. The molecule has 0 unspecified atom stereocenters. The van der Waals surface area contributed by atoms with E-state index < -0.39 is 10.8 Å². The van der Waals surface area contributed by atoms with Crippen molar-refractivity contribution in [3.63, 3.8) is 0 Å². The number of ether oxygens (including phenoxy) is 2. The van der Waals surface area contributed by atoms with Crippen LogP contribution in [0.1, 0.15) is 5.56 Å². The van der Waals surface area contributed by atoms with Gasteiger partial charge in [0.05, 0.1) is 17.7 Å². The highest BCUT2D eigenvalue weighted by molar-refractivity contribution is 5.93. The number of nitrogens with one attached hydrogen (secondary N) is 1. The van der Waals surface area contributed by atoms with Crippen molar-refractivity contribution in [3.8, 4) is 11.5 Å². The predicted molar refractivity (Wildman–Crippen MR) is 102 cm³/mol. The van der Waals surface area contributed by atoms with Crippen LogP contribution in [-0.2, 0) is 4.79 Å². The minimum atomic E-state index is -0.505. The number of aryl methyl sites for hydroxylation is 1. The van der Waals surface area contributed by atoms with Gasteiger partial charge in [0.25, 0.3) is 11.6 Å². The van der Waals surface area contributed by atoms with Gasteiger partial charge >= 0.3 is 0 Å². The molecule has 0 heterocycles. The van der Waals surface area contributed by atoms with E-state index >= 15 is 0 Å². The zero-order valence-corrected chi connectivity index (χ0v) is 14.9. The number of carbonyl (C=O) groups is 1. The van der Waals surface area contributed by atoms with Crippen molar-refractivity contribution in [1.82, 2.24) is 0 Å². The molecule has 0 aromatic heterocycles. The van der Waals surface area contributed by atoms with Crippen LogP contribution in [0.4, 0.5) is 11.4 Å². The largest absolute Gasteiger partial charge is 0.497 e. The van der Waals surface area contributed by atoms with E-state index in [4.69, 9.17) is 9.47 Å². The van der Waals surface area contributed by atoms with Crippen molar-refractivity contribution in [2.45, 2.75) is 6.92 Å². The Morgan fingerprint density at radius 1 is 1.04 bits per heavy atom. The second-order valence-corrected chi connectivity index (χ2v) is 5.97. The molecule has 27 heavy (non-hydrogen) atoms. The fourth-order valence-electron chi connectivity index (χ4n) is 2.61. The number of nitro benzene ring substituents is 1. The minimum Gasteiger partial charge on any atom is -0.497 e. The quantitative estimate of drug-likeness (QED) is 0.524. The molecular weight excluding hydrogens is 348 g/mol. The maximum atomic E-state index is 12.2. The first kappa shape index (κ1) is 18.2. The van der Waals surface area contributed by atoms with Crippen LogP contribution in [0.25, 0.3) is 10.8 Å². The number of nitro groups is 1. The van der Waals surface area contributed by atoms with E-state index in [2.05, 4.69) is 5.32 Å². The summed E-state index contributed by atoms with van der Waals surface area (Å²) in [4.78, 5) is 22.5. The van der Waals surface area contributed by atoms with Crippen molar-refractivity contribution < 1.29 is 19.2 Å². The molecule has 3 rings (SSSR count). The highest BCUT2D eigenvalue weighted by atomic mass is 16.6. The first-order valence-electron chi connectivity index (χ1n) is 8.22. The van der Waals surface area contributed by atoms with Gasteiger partial charge in [0.15, 0.2) is 6.61 Å². The molecule has 7 heteroatoms. The van der Waals surface area contributed by atoms with Gasteiger partial charge in [0, 0.05) is 12.1 Å². The summed E-state index contributed by atoms with van der Waals surface area (Å²) >= 11 is 0. The molecule has 0 saturated carbocycles. The summed E-state index contributed by atoms with van der Waals surface area (Å²) in [5.41, 5.74) is 1.04. The molecule has 1 N–H and O–H groups in total. The maximum Gasteiger partial charge on any atom is 0.271 e. The van der Waals surface area contributed by atoms with Crippen LogP contribution in [0.2, 0.25) is 0 Å². The summed E-state index contributed by atoms with van der Waals surface area (Å²) in [5, 5.41) is 15.5. The number of nitrogens with zero attached hydrogens (tertiary/aromatic N) is 1. The number of benzene rings is 3. The zero-order valence-electron chi connectivity index (χ0n) is 14.9. The zero-order chi connectivity index (χ0) is 19.4. The van der Waals surface area contributed by atoms with Gasteiger partial charge in [-0.15, -0.1) is 0 Å². The molecule has 0 aliphatic carbocycles. The fourth-order valence-corrected chi connectivity index (χ4v) is 2.61. The summed E-state index contributed by atoms with van der Waals surface area (Å²) in [5.74, 6) is 0.879. The third-order valence-electron chi connectivity index (χ3n) is 4.09. The van der Waals surface area contributed by atoms with Crippen LogP contribution >= 0.6 is 0 Å². The van der Waals surface area contributed by atoms with E-state index in [-0.39, 0.29) is 12.3 Å². The summed E-state index contributed by atoms with van der Waals surface area (Å²) in [6.07, 6.45) is 0. The molecular formula is C20H18N2O5. The van der Waals surface area contributed by atoms with E-state index in [0.29, 0.717) is 11.4 Å². The Balaban J connectivity index is 1.68. The number of hydrogen-bond donors (Lipinski definition) is 1. The summed E-state index contributed by atoms with van der Waals surface area (Å²) in [6, 6.07) is 15.5. The predicted octanol–water partition coefficient (Wildman–Crippen LogP) is 4.08. The third-order valence-corrected chi connectivity index (χ3v) is 4.09. The second-order valence-electron chi connectivity index (χ2n) is 5.97. The Hall–Kier alpha value is -3.61. The lowest BCUT2D eigenvalue weighted by Crippen LogP contribution is -2.20. The molecule has 0 radical (unpaired) electrons. The lowest BCUT2D eigenvalue weighted by Gasteiger charge is -2.10. The molecule has 0 aliphatic heterocycles. The number of carbonyl (C=O) groups excluding carboxylic acids is 1. The molecule has 1 amide bonds. The molecule has 3 aromatic rings. The molecule has 3 aromatic carbocycles. The van der Waals surface area contributed by atoms with Crippen molar-refractivity contribution in [1.29, 1.82) is 0 Å². The monoisotopic (exact) mass is 366 g/mol. The van der Waals surface area contributed by atoms with Crippen LogP contribution in [0.15, 0.2) is 54.6 Å². The van der Waals surface area contributed by atoms with Gasteiger partial charge in [-0.05, 0) is 47.5 Å². The lowest BCUT2D eigenvalue weighted by atomic mass is 10.1. The standard InChI is InChI=1S/C20H18N2O5/c1-13-3-6-16(22(24)25)11-19(13)21-20(23)12-27-18-8-5-14-4-7-17(26-2)9-15(14)10-18/h3-11H,12H2,1-2H3,(H,21,23). The van der Waals surface area contributed by atoms with Gasteiger partial charge in [-0.1, -0.05) is 18.2 Å². The van der Waals surface area contributed by atoms with Gasteiger partial charge in [-0.3, -0.25) is 14.9 Å². The molecule has 7 nitrogen and oxygen atoms in total. The Bertz CT molecular complexity index is 1020. The molecule has 0 bridgehead atoms. The van der Waals surface area contributed by atoms with Gasteiger partial charge < -0.3 is 14.8 Å². The normalized spacial score (nSPS) is 10.4. The number of anilines is 1. The average Bonchev–Trinajstić information content (AvgIpc) is 2.67. The third kappa shape index (κ3) is 4.33. The van der Waals surface area contributed by atoms with Crippen LogP contribution in [0.5, 0.6) is 11.5 Å². The van der Waals surface area contributed by atoms with Crippen LogP contribution < -0.4 is 14.8 Å². The summed E-state index contributed by atoms with van der Waals surface area (Å²) in [6.45, 7) is 1.55. The van der Waals surface area contributed by atoms with Gasteiger partial charge in [0.1, 0.15) is 11.5 Å². The van der Waals surface area contributed by atoms with Gasteiger partial charge in [0.2, 0.25) is 0 Å². The molecule has 0 spiro atoms. The minimum absolute atomic E-state index is 0.0831. The Morgan fingerprint density at radius 2 is 1.74 bits per heavy atom. The van der Waals surface area contributed by atoms with Crippen molar-refractivity contribution in [2.75, 3.05) is 19.0 Å². The number of hydrogen-bond acceptors (Lipinski definition) is 5. The van der Waals surface area contributed by atoms with E-state index in [1.54, 1.807) is 26.2 Å². The van der Waals surface area contributed by atoms with E-state index in [0.717, 1.165) is 22.1 Å². The summed E-state index contributed by atoms with van der Waals surface area (Å²) < 4.78 is 10.8. The average molecular weight is 366 g/mol. The van der Waals surface area contributed by atoms with Crippen molar-refractivity contribution >= 4 is 28.1 Å². The SMILES string of the molecule is COc1ccc2ccc(OCC(=O)Nc3cc([N+](=O)[O-])ccc3C)cc2c1. The van der Waals surface area contributed by atoms with Crippen LogP contribution in [-0.4, -0.2) is 24.5 Å². The van der Waals surface area contributed by atoms with Crippen molar-refractivity contribution in [3.05, 3.63) is 70.3 Å². The Morgan fingerprint density at radius 3 is 2.44 bits per heavy atom. The Kier molecular flexibility index (Phi) is 5.21. The number of methoxy groups -OCH3 is 1. The number of fused-ring (bicyclic) bond motifs is 1. The highest BCUT2D eigenvalue weighted by Crippen LogP contribution is 2.25. The molecule has 0 aliphatic rings. The van der Waals surface area contributed by atoms with Gasteiger partial charge in [-0.25, -0.2) is 0 Å². The van der Waals surface area contributed by atoms with Gasteiger partial charge in [-0.2, -0.15) is 0 Å². The number of rotatable bonds is 6. The second kappa shape index (κ2) is 7.74. The van der Waals surface area contributed by atoms with E-state index in [1.807, 2.05) is 30.3 Å². The highest BCUT2D eigenvalue weighted by Gasteiger charge is 2.11. The van der Waals surface area contributed by atoms with Crippen LogP contribution in [0.3, 0.4) is 0 Å². The molecule has 138 valence electrons. The maximum absolute atomic E-state index is 12.2.